The number of carbonyl (C=O) groups is 1. The fourth-order valence-corrected chi connectivity index (χ4v) is 3.68. The molecule has 0 aliphatic rings. The number of rotatable bonds is 4. The minimum absolute atomic E-state index is 0.0315. The van der Waals surface area contributed by atoms with Crippen LogP contribution in [0, 0.1) is 5.41 Å². The van der Waals surface area contributed by atoms with Gasteiger partial charge in [-0.05, 0) is 26.0 Å². The third-order valence-corrected chi connectivity index (χ3v) is 4.87. The molecule has 94 valence electrons. The highest BCUT2D eigenvalue weighted by Gasteiger charge is 2.34. The topological polar surface area (TPSA) is 71.4 Å². The summed E-state index contributed by atoms with van der Waals surface area (Å²) in [5.74, 6) is -1.65. The van der Waals surface area contributed by atoms with Gasteiger partial charge in [0.15, 0.2) is 9.84 Å². The minimum atomic E-state index is -3.71. The second-order valence-corrected chi connectivity index (χ2v) is 6.74. The maximum atomic E-state index is 12.0. The lowest BCUT2D eigenvalue weighted by Gasteiger charge is -2.19. The molecule has 1 rings (SSSR count). The van der Waals surface area contributed by atoms with E-state index < -0.39 is 27.0 Å². The lowest BCUT2D eigenvalue weighted by atomic mass is 9.97. The van der Waals surface area contributed by atoms with Crippen LogP contribution in [0.5, 0.6) is 0 Å². The third kappa shape index (κ3) is 3.20. The molecule has 1 aromatic rings. The van der Waals surface area contributed by atoms with E-state index >= 15 is 0 Å². The van der Waals surface area contributed by atoms with Crippen LogP contribution in [0.25, 0.3) is 0 Å². The summed E-state index contributed by atoms with van der Waals surface area (Å²) in [6.07, 6.45) is 0. The molecule has 0 heterocycles. The highest BCUT2D eigenvalue weighted by Crippen LogP contribution is 2.27. The fourth-order valence-electron chi connectivity index (χ4n) is 1.31. The van der Waals surface area contributed by atoms with Crippen LogP contribution >= 0.6 is 11.6 Å². The predicted octanol–water partition coefficient (Wildman–Crippen LogP) is 2.22. The molecule has 1 aromatic carbocycles. The van der Waals surface area contributed by atoms with Gasteiger partial charge in [0, 0.05) is 0 Å². The number of halogens is 1. The summed E-state index contributed by atoms with van der Waals surface area (Å²) in [7, 11) is -3.71. The van der Waals surface area contributed by atoms with E-state index in [1.54, 1.807) is 12.1 Å². The summed E-state index contributed by atoms with van der Waals surface area (Å²) >= 11 is 5.79. The molecule has 0 unspecified atom stereocenters. The zero-order chi connectivity index (χ0) is 13.3. The maximum absolute atomic E-state index is 12.0. The molecule has 0 fully saturated rings. The second kappa shape index (κ2) is 4.66. The number of hydrogen-bond acceptors (Lipinski definition) is 3. The van der Waals surface area contributed by atoms with Crippen LogP contribution in [0.2, 0.25) is 5.02 Å². The van der Waals surface area contributed by atoms with E-state index in [0.29, 0.717) is 0 Å². The maximum Gasteiger partial charge on any atom is 0.310 e. The number of sulfone groups is 1. The van der Waals surface area contributed by atoms with Crippen LogP contribution in [0.1, 0.15) is 13.8 Å². The van der Waals surface area contributed by atoms with Gasteiger partial charge in [-0.2, -0.15) is 0 Å². The molecule has 1 N–H and O–H groups in total. The number of carboxylic acids is 1. The van der Waals surface area contributed by atoms with Crippen LogP contribution in [-0.4, -0.2) is 25.2 Å². The highest BCUT2D eigenvalue weighted by atomic mass is 35.5. The van der Waals surface area contributed by atoms with E-state index in [0.717, 1.165) is 0 Å². The Labute approximate surface area is 105 Å². The van der Waals surface area contributed by atoms with Crippen molar-refractivity contribution in [1.29, 1.82) is 0 Å². The first-order valence-corrected chi connectivity index (χ1v) is 6.90. The molecule has 0 saturated heterocycles. The number of aliphatic carboxylic acids is 1. The van der Waals surface area contributed by atoms with Gasteiger partial charge in [-0.3, -0.25) is 4.79 Å². The van der Waals surface area contributed by atoms with Crippen LogP contribution in [-0.2, 0) is 14.6 Å². The number of carboxylic acid groups (broad SMARTS) is 1. The quantitative estimate of drug-likeness (QED) is 0.915. The Balaban J connectivity index is 3.15. The summed E-state index contributed by atoms with van der Waals surface area (Å²) in [5, 5.41) is 9.03. The first kappa shape index (κ1) is 14.0. The summed E-state index contributed by atoms with van der Waals surface area (Å²) < 4.78 is 24.1. The molecule has 0 radical (unpaired) electrons. The van der Waals surface area contributed by atoms with E-state index in [2.05, 4.69) is 0 Å². The van der Waals surface area contributed by atoms with E-state index in [4.69, 9.17) is 16.7 Å². The lowest BCUT2D eigenvalue weighted by molar-refractivity contribution is -0.145. The van der Waals surface area contributed by atoms with Crippen LogP contribution in [0.15, 0.2) is 29.2 Å². The molecule has 0 spiro atoms. The van der Waals surface area contributed by atoms with Gasteiger partial charge in [0.25, 0.3) is 0 Å². The third-order valence-electron chi connectivity index (χ3n) is 2.30. The molecule has 17 heavy (non-hydrogen) atoms. The molecule has 4 nitrogen and oxygen atoms in total. The first-order valence-electron chi connectivity index (χ1n) is 4.87. The van der Waals surface area contributed by atoms with Gasteiger partial charge in [-0.25, -0.2) is 8.42 Å². The molecule has 0 aliphatic heterocycles. The van der Waals surface area contributed by atoms with Gasteiger partial charge in [0.1, 0.15) is 0 Å². The van der Waals surface area contributed by atoms with Gasteiger partial charge in [-0.1, -0.05) is 23.7 Å². The molecular weight excluding hydrogens is 264 g/mol. The normalized spacial score (nSPS) is 12.4. The van der Waals surface area contributed by atoms with Crippen LogP contribution in [0.3, 0.4) is 0 Å². The largest absolute Gasteiger partial charge is 0.481 e. The van der Waals surface area contributed by atoms with Crippen molar-refractivity contribution in [3.05, 3.63) is 29.3 Å². The minimum Gasteiger partial charge on any atom is -0.481 e. The fraction of sp³-hybridized carbons (Fsp3) is 0.364. The Kier molecular flexibility index (Phi) is 3.84. The van der Waals surface area contributed by atoms with Gasteiger partial charge in [0.2, 0.25) is 0 Å². The molecule has 6 heteroatoms. The predicted molar refractivity (Wildman–Crippen MR) is 64.9 cm³/mol. The van der Waals surface area contributed by atoms with Crippen molar-refractivity contribution in [2.75, 3.05) is 5.75 Å². The summed E-state index contributed by atoms with van der Waals surface area (Å²) in [4.78, 5) is 10.9. The standard InChI is InChI=1S/C11H13ClO4S/c1-11(2,10(13)14)7-17(15,16)9-6-4-3-5-8(9)12/h3-6H,7H2,1-2H3,(H,13,14). The SMILES string of the molecule is CC(C)(CS(=O)(=O)c1ccccc1Cl)C(=O)O. The Morgan fingerprint density at radius 1 is 1.35 bits per heavy atom. The van der Waals surface area contributed by atoms with Crippen LogP contribution in [0.4, 0.5) is 0 Å². The molecule has 0 aliphatic carbocycles. The number of hydrogen-bond donors (Lipinski definition) is 1. The van der Waals surface area contributed by atoms with Crippen molar-refractivity contribution in [1.82, 2.24) is 0 Å². The molecule has 0 aromatic heterocycles. The van der Waals surface area contributed by atoms with Gasteiger partial charge in [0.05, 0.1) is 21.1 Å². The zero-order valence-corrected chi connectivity index (χ0v) is 11.0. The average molecular weight is 277 g/mol. The van der Waals surface area contributed by atoms with E-state index in [-0.39, 0.29) is 9.92 Å². The monoisotopic (exact) mass is 276 g/mol. The van der Waals surface area contributed by atoms with Gasteiger partial charge in [-0.15, -0.1) is 0 Å². The molecule has 0 bridgehead atoms. The lowest BCUT2D eigenvalue weighted by Crippen LogP contribution is -2.32. The van der Waals surface area contributed by atoms with Gasteiger partial charge >= 0.3 is 5.97 Å². The molecule has 0 saturated carbocycles. The summed E-state index contributed by atoms with van der Waals surface area (Å²) in [6.45, 7) is 2.73. The zero-order valence-electron chi connectivity index (χ0n) is 9.47. The van der Waals surface area contributed by atoms with E-state index in [9.17, 15) is 13.2 Å². The van der Waals surface area contributed by atoms with Crippen LogP contribution < -0.4 is 0 Å². The number of benzene rings is 1. The van der Waals surface area contributed by atoms with Crippen molar-refractivity contribution in [3.8, 4) is 0 Å². The Morgan fingerprint density at radius 3 is 2.35 bits per heavy atom. The smallest absolute Gasteiger partial charge is 0.310 e. The van der Waals surface area contributed by atoms with E-state index in [1.807, 2.05) is 0 Å². The molecule has 0 atom stereocenters. The van der Waals surface area contributed by atoms with Crippen molar-refractivity contribution < 1.29 is 18.3 Å². The Bertz CT molecular complexity index is 534. The highest BCUT2D eigenvalue weighted by molar-refractivity contribution is 7.91. The second-order valence-electron chi connectivity index (χ2n) is 4.38. The molecule has 0 amide bonds. The van der Waals surface area contributed by atoms with Crippen molar-refractivity contribution >= 4 is 27.4 Å². The summed E-state index contributed by atoms with van der Waals surface area (Å²) in [6, 6.07) is 5.99. The summed E-state index contributed by atoms with van der Waals surface area (Å²) in [5.41, 5.74) is -1.35. The van der Waals surface area contributed by atoms with E-state index in [1.165, 1.54) is 26.0 Å². The average Bonchev–Trinajstić information content (AvgIpc) is 2.16. The first-order chi connectivity index (χ1) is 7.67. The van der Waals surface area contributed by atoms with Crippen molar-refractivity contribution in [2.24, 2.45) is 5.41 Å². The molecular formula is C11H13ClO4S. The van der Waals surface area contributed by atoms with Gasteiger partial charge < -0.3 is 5.11 Å². The Morgan fingerprint density at radius 2 is 1.88 bits per heavy atom. The van der Waals surface area contributed by atoms with Crippen molar-refractivity contribution in [2.45, 2.75) is 18.7 Å². The Hall–Kier alpha value is -1.07. The van der Waals surface area contributed by atoms with Crippen molar-refractivity contribution in [3.63, 3.8) is 0 Å².